The smallest absolute Gasteiger partial charge is 0.192 e. The van der Waals surface area contributed by atoms with E-state index >= 15 is 0 Å². The van der Waals surface area contributed by atoms with E-state index in [1.807, 2.05) is 0 Å². The van der Waals surface area contributed by atoms with E-state index in [-0.39, 0.29) is 0 Å². The van der Waals surface area contributed by atoms with Crippen molar-refractivity contribution in [2.45, 2.75) is 42.0 Å². The maximum absolute atomic E-state index is 12.6. The van der Waals surface area contributed by atoms with Crippen LogP contribution in [0.3, 0.4) is 0 Å². The standard InChI is InChI=1S/C7F16.CH3Cl/c8-1(9,2(10,11)4(14,15)6(18,19)20)3(12,13)5(16,17)7(21,22)23;1-2/h;1H3. The highest BCUT2D eigenvalue weighted by atomic mass is 35.5. The van der Waals surface area contributed by atoms with E-state index in [1.165, 1.54) is 6.38 Å². The molecule has 17 heteroatoms. The van der Waals surface area contributed by atoms with Crippen molar-refractivity contribution >= 4 is 11.6 Å². The maximum Gasteiger partial charge on any atom is 0.460 e. The summed E-state index contributed by atoms with van der Waals surface area (Å²) in [6.45, 7) is 0. The van der Waals surface area contributed by atoms with Gasteiger partial charge in [-0.25, -0.2) is 0 Å². The van der Waals surface area contributed by atoms with Crippen molar-refractivity contribution in [2.24, 2.45) is 0 Å². The van der Waals surface area contributed by atoms with Gasteiger partial charge in [0.2, 0.25) is 0 Å². The Bertz CT molecular complexity index is 402. The fraction of sp³-hybridized carbons (Fsp3) is 1.00. The minimum Gasteiger partial charge on any atom is -0.192 e. The molecule has 0 aromatic heterocycles. The second kappa shape index (κ2) is 6.72. The fourth-order valence-electron chi connectivity index (χ4n) is 0.948. The van der Waals surface area contributed by atoms with Crippen molar-refractivity contribution in [3.8, 4) is 0 Å². The first kappa shape index (κ1) is 26.4. The van der Waals surface area contributed by atoms with Gasteiger partial charge in [0.1, 0.15) is 0 Å². The molecule has 0 nitrogen and oxygen atoms in total. The molecule has 154 valence electrons. The van der Waals surface area contributed by atoms with Gasteiger partial charge in [-0.15, -0.1) is 11.6 Å². The molecule has 0 radical (unpaired) electrons. The number of hydrogen-bond acceptors (Lipinski definition) is 0. The molecule has 0 fully saturated rings. The predicted octanol–water partition coefficient (Wildman–Crippen LogP) is 6.14. The molecule has 0 saturated heterocycles. The molecule has 0 aliphatic carbocycles. The van der Waals surface area contributed by atoms with E-state index in [0.717, 1.165) is 0 Å². The highest BCUT2D eigenvalue weighted by molar-refractivity contribution is 6.15. The van der Waals surface area contributed by atoms with Crippen LogP contribution in [-0.4, -0.2) is 48.3 Å². The predicted molar refractivity (Wildman–Crippen MR) is 48.6 cm³/mol. The monoisotopic (exact) mass is 438 g/mol. The van der Waals surface area contributed by atoms with Gasteiger partial charge in [-0.1, -0.05) is 0 Å². The lowest BCUT2D eigenvalue weighted by atomic mass is 9.94. The molecule has 0 aliphatic heterocycles. The van der Waals surface area contributed by atoms with E-state index in [0.29, 0.717) is 0 Å². The van der Waals surface area contributed by atoms with Gasteiger partial charge in [-0.05, 0) is 0 Å². The van der Waals surface area contributed by atoms with Gasteiger partial charge >= 0.3 is 42.0 Å². The molecule has 0 spiro atoms. The molecule has 0 rings (SSSR count). The van der Waals surface area contributed by atoms with Crippen LogP contribution in [-0.2, 0) is 0 Å². The number of halogens is 17. The Morgan fingerprint density at radius 3 is 0.560 bits per heavy atom. The first-order valence-corrected chi connectivity index (χ1v) is 5.66. The van der Waals surface area contributed by atoms with Crippen molar-refractivity contribution in [1.29, 1.82) is 0 Å². The second-order valence-corrected chi connectivity index (χ2v) is 3.87. The molecule has 0 aromatic rings. The molecule has 25 heavy (non-hydrogen) atoms. The first-order chi connectivity index (χ1) is 10.5. The van der Waals surface area contributed by atoms with Crippen LogP contribution in [0.2, 0.25) is 0 Å². The van der Waals surface area contributed by atoms with Crippen LogP contribution < -0.4 is 0 Å². The summed E-state index contributed by atoms with van der Waals surface area (Å²) in [6, 6.07) is 0. The SMILES string of the molecule is CCl.FC(F)(F)C(F)(F)C(F)(F)C(F)(F)C(F)(F)C(F)(F)C(F)(F)F. The Morgan fingerprint density at radius 2 is 0.440 bits per heavy atom. The third-order valence-corrected chi connectivity index (χ3v) is 2.29. The average molecular weight is 439 g/mol. The summed E-state index contributed by atoms with van der Waals surface area (Å²) in [4.78, 5) is 0. The fourth-order valence-corrected chi connectivity index (χ4v) is 0.948. The number of alkyl halides is 17. The first-order valence-electron chi connectivity index (χ1n) is 4.90. The largest absolute Gasteiger partial charge is 0.460 e. The molecule has 0 unspecified atom stereocenters. The Kier molecular flexibility index (Phi) is 7.10. The molecule has 0 amide bonds. The third kappa shape index (κ3) is 3.67. The highest BCUT2D eigenvalue weighted by Crippen LogP contribution is 2.62. The Balaban J connectivity index is 0. The van der Waals surface area contributed by atoms with E-state index in [4.69, 9.17) is 0 Å². The van der Waals surface area contributed by atoms with E-state index in [2.05, 4.69) is 11.6 Å². The summed E-state index contributed by atoms with van der Waals surface area (Å²) in [7, 11) is 0. The normalized spacial score (nSPS) is 15.6. The minimum absolute atomic E-state index is 1.47. The van der Waals surface area contributed by atoms with Gasteiger partial charge in [0.25, 0.3) is 0 Å². The van der Waals surface area contributed by atoms with Crippen LogP contribution in [0.1, 0.15) is 0 Å². The van der Waals surface area contributed by atoms with E-state index in [9.17, 15) is 70.2 Å². The molecule has 0 aliphatic rings. The molecule has 0 saturated carbocycles. The van der Waals surface area contributed by atoms with Crippen LogP contribution in [0, 0.1) is 0 Å². The van der Waals surface area contributed by atoms with Crippen LogP contribution in [0.15, 0.2) is 0 Å². The molecule has 0 heterocycles. The number of rotatable bonds is 4. The summed E-state index contributed by atoms with van der Waals surface area (Å²) in [6.07, 6.45) is -13.9. The zero-order valence-corrected chi connectivity index (χ0v) is 11.7. The summed E-state index contributed by atoms with van der Waals surface area (Å²) < 4.78 is 193. The zero-order valence-electron chi connectivity index (χ0n) is 10.9. The summed E-state index contributed by atoms with van der Waals surface area (Å²) in [5, 5.41) is 0. The van der Waals surface area contributed by atoms with Crippen molar-refractivity contribution in [1.82, 2.24) is 0 Å². The van der Waals surface area contributed by atoms with Gasteiger partial charge in [0.15, 0.2) is 0 Å². The summed E-state index contributed by atoms with van der Waals surface area (Å²) >= 11 is 4.64. The average Bonchev–Trinajstić information content (AvgIpc) is 2.37. The van der Waals surface area contributed by atoms with Gasteiger partial charge in [0.05, 0.1) is 0 Å². The van der Waals surface area contributed by atoms with E-state index < -0.39 is 42.0 Å². The molecular weight excluding hydrogens is 436 g/mol. The summed E-state index contributed by atoms with van der Waals surface area (Å²) in [5.41, 5.74) is 0. The van der Waals surface area contributed by atoms with Crippen molar-refractivity contribution in [2.75, 3.05) is 6.38 Å². The molecule has 0 bridgehead atoms. The van der Waals surface area contributed by atoms with Crippen LogP contribution in [0.5, 0.6) is 0 Å². The third-order valence-electron chi connectivity index (χ3n) is 2.29. The van der Waals surface area contributed by atoms with Gasteiger partial charge in [-0.3, -0.25) is 0 Å². The Hall–Kier alpha value is -0.830. The van der Waals surface area contributed by atoms with Crippen LogP contribution in [0.25, 0.3) is 0 Å². The lowest BCUT2D eigenvalue weighted by Crippen LogP contribution is -2.72. The van der Waals surface area contributed by atoms with Crippen LogP contribution in [0.4, 0.5) is 70.2 Å². The van der Waals surface area contributed by atoms with Gasteiger partial charge in [0, 0.05) is 6.38 Å². The maximum atomic E-state index is 12.6. The highest BCUT2D eigenvalue weighted by Gasteiger charge is 2.93. The van der Waals surface area contributed by atoms with E-state index in [1.54, 1.807) is 0 Å². The van der Waals surface area contributed by atoms with Gasteiger partial charge < -0.3 is 0 Å². The zero-order chi connectivity index (χ0) is 21.5. The lowest BCUT2D eigenvalue weighted by molar-refractivity contribution is -0.461. The molecular formula is C8H3ClF16. The summed E-state index contributed by atoms with van der Waals surface area (Å²) in [5.74, 6) is -41.2. The minimum atomic E-state index is -8.43. The van der Waals surface area contributed by atoms with Crippen LogP contribution >= 0.6 is 11.6 Å². The molecule has 0 aromatic carbocycles. The topological polar surface area (TPSA) is 0 Å². The quantitative estimate of drug-likeness (QED) is 0.365. The lowest BCUT2D eigenvalue weighted by Gasteiger charge is -2.39. The van der Waals surface area contributed by atoms with Crippen molar-refractivity contribution in [3.05, 3.63) is 0 Å². The molecule has 0 N–H and O–H groups in total. The molecule has 0 atom stereocenters. The Morgan fingerprint density at radius 1 is 0.320 bits per heavy atom. The van der Waals surface area contributed by atoms with Crippen molar-refractivity contribution in [3.63, 3.8) is 0 Å². The van der Waals surface area contributed by atoms with Gasteiger partial charge in [-0.2, -0.15) is 70.2 Å². The number of hydrogen-bond donors (Lipinski definition) is 0. The van der Waals surface area contributed by atoms with Crippen molar-refractivity contribution < 1.29 is 70.2 Å². The second-order valence-electron chi connectivity index (χ2n) is 3.87. The Labute approximate surface area is 131 Å².